The van der Waals surface area contributed by atoms with Crippen molar-refractivity contribution in [1.29, 1.82) is 0 Å². The Bertz CT molecular complexity index is 753. The first-order chi connectivity index (χ1) is 11.5. The van der Waals surface area contributed by atoms with Gasteiger partial charge in [0.05, 0.1) is 11.7 Å². The Morgan fingerprint density at radius 2 is 2.17 bits per heavy atom. The molecule has 1 aliphatic carbocycles. The number of aryl methyl sites for hydroxylation is 2. The smallest absolute Gasteiger partial charge is 0.377 e. The minimum absolute atomic E-state index is 0.00448. The number of hydrogen-bond acceptors (Lipinski definition) is 5. The van der Waals surface area contributed by atoms with E-state index in [9.17, 15) is 9.59 Å². The fraction of sp³-hybridized carbons (Fsp3) is 0.389. The van der Waals surface area contributed by atoms with Crippen LogP contribution in [0.4, 0.5) is 0 Å². The summed E-state index contributed by atoms with van der Waals surface area (Å²) in [5, 5.41) is 6.61. The summed E-state index contributed by atoms with van der Waals surface area (Å²) in [6.45, 7) is 3.25. The second kappa shape index (κ2) is 6.86. The van der Waals surface area contributed by atoms with Crippen molar-refractivity contribution in [2.75, 3.05) is 0 Å². The van der Waals surface area contributed by atoms with Crippen LogP contribution >= 0.6 is 0 Å². The van der Waals surface area contributed by atoms with Crippen molar-refractivity contribution in [2.45, 2.75) is 45.3 Å². The van der Waals surface area contributed by atoms with Crippen LogP contribution in [0.2, 0.25) is 0 Å². The summed E-state index contributed by atoms with van der Waals surface area (Å²) in [6, 6.07) is 9.53. The van der Waals surface area contributed by atoms with Gasteiger partial charge in [-0.25, -0.2) is 4.79 Å². The van der Waals surface area contributed by atoms with Crippen LogP contribution in [-0.2, 0) is 16.0 Å². The Hall–Kier alpha value is -2.63. The van der Waals surface area contributed by atoms with Crippen LogP contribution < -0.4 is 5.32 Å². The van der Waals surface area contributed by atoms with Crippen molar-refractivity contribution in [1.82, 2.24) is 10.5 Å². The predicted octanol–water partition coefficient (Wildman–Crippen LogP) is 2.72. The van der Waals surface area contributed by atoms with Crippen LogP contribution in [0.5, 0.6) is 0 Å². The zero-order valence-electron chi connectivity index (χ0n) is 13.7. The highest BCUT2D eigenvalue weighted by molar-refractivity contribution is 5.90. The van der Waals surface area contributed by atoms with Gasteiger partial charge < -0.3 is 14.6 Å². The van der Waals surface area contributed by atoms with Crippen LogP contribution in [0.1, 0.15) is 53.2 Å². The van der Waals surface area contributed by atoms with Crippen LogP contribution in [0.3, 0.4) is 0 Å². The Morgan fingerprint density at radius 3 is 2.92 bits per heavy atom. The molecule has 1 aromatic heterocycles. The molecule has 0 fully saturated rings. The molecule has 0 saturated carbocycles. The number of benzene rings is 1. The molecule has 1 amide bonds. The highest BCUT2D eigenvalue weighted by Gasteiger charge is 2.26. The molecule has 24 heavy (non-hydrogen) atoms. The number of fused-ring (bicyclic) bond motifs is 1. The van der Waals surface area contributed by atoms with E-state index in [2.05, 4.69) is 16.5 Å². The van der Waals surface area contributed by atoms with Crippen molar-refractivity contribution in [3.63, 3.8) is 0 Å². The largest absolute Gasteiger partial charge is 0.447 e. The van der Waals surface area contributed by atoms with Gasteiger partial charge in [-0.05, 0) is 44.2 Å². The molecule has 0 radical (unpaired) electrons. The zero-order chi connectivity index (χ0) is 17.1. The van der Waals surface area contributed by atoms with Gasteiger partial charge in [0.2, 0.25) is 5.76 Å². The van der Waals surface area contributed by atoms with E-state index in [1.54, 1.807) is 13.8 Å². The molecule has 0 aliphatic heterocycles. The third kappa shape index (κ3) is 3.48. The number of nitrogens with one attached hydrogen (secondary N) is 1. The molecule has 1 aliphatic rings. The molecular weight excluding hydrogens is 308 g/mol. The van der Waals surface area contributed by atoms with E-state index >= 15 is 0 Å². The average molecular weight is 328 g/mol. The lowest BCUT2D eigenvalue weighted by Crippen LogP contribution is -2.39. The fourth-order valence-electron chi connectivity index (χ4n) is 2.92. The van der Waals surface area contributed by atoms with E-state index in [1.807, 2.05) is 18.2 Å². The normalized spacial score (nSPS) is 17.7. The van der Waals surface area contributed by atoms with E-state index in [4.69, 9.17) is 9.26 Å². The monoisotopic (exact) mass is 328 g/mol. The third-order valence-corrected chi connectivity index (χ3v) is 4.17. The SMILES string of the molecule is Cc1cc(C(=O)O[C@H](C)C(=O)N[C@@H]2CCCc3ccccc32)on1. The molecule has 126 valence electrons. The summed E-state index contributed by atoms with van der Waals surface area (Å²) in [7, 11) is 0. The van der Waals surface area contributed by atoms with Crippen molar-refractivity contribution >= 4 is 11.9 Å². The van der Waals surface area contributed by atoms with Crippen molar-refractivity contribution < 1.29 is 18.8 Å². The van der Waals surface area contributed by atoms with Gasteiger partial charge in [-0.2, -0.15) is 0 Å². The number of nitrogens with zero attached hydrogens (tertiary/aromatic N) is 1. The Labute approximate surface area is 140 Å². The highest BCUT2D eigenvalue weighted by atomic mass is 16.6. The number of amides is 1. The number of carbonyl (C=O) groups excluding carboxylic acids is 2. The molecule has 6 heteroatoms. The van der Waals surface area contributed by atoms with Gasteiger partial charge in [-0.15, -0.1) is 0 Å². The number of esters is 1. The minimum Gasteiger partial charge on any atom is -0.447 e. The van der Waals surface area contributed by atoms with Crippen molar-refractivity contribution in [2.24, 2.45) is 0 Å². The van der Waals surface area contributed by atoms with E-state index < -0.39 is 12.1 Å². The van der Waals surface area contributed by atoms with Crippen molar-refractivity contribution in [3.05, 3.63) is 52.9 Å². The molecule has 2 atom stereocenters. The number of aromatic nitrogens is 1. The van der Waals surface area contributed by atoms with Gasteiger partial charge in [0.1, 0.15) is 0 Å². The second-order valence-corrected chi connectivity index (χ2v) is 6.03. The number of rotatable bonds is 4. The Morgan fingerprint density at radius 1 is 1.38 bits per heavy atom. The molecule has 0 unspecified atom stereocenters. The maximum Gasteiger partial charge on any atom is 0.377 e. The first kappa shape index (κ1) is 16.2. The number of carbonyl (C=O) groups is 2. The van der Waals surface area contributed by atoms with Gasteiger partial charge in [-0.3, -0.25) is 4.79 Å². The van der Waals surface area contributed by atoms with Crippen LogP contribution in [0.25, 0.3) is 0 Å². The summed E-state index contributed by atoms with van der Waals surface area (Å²) >= 11 is 0. The lowest BCUT2D eigenvalue weighted by molar-refractivity contribution is -0.130. The molecule has 1 N–H and O–H groups in total. The quantitative estimate of drug-likeness (QED) is 0.873. The highest BCUT2D eigenvalue weighted by Crippen LogP contribution is 2.29. The standard InChI is InChI=1S/C18H20N2O4/c1-11-10-16(24-20-11)18(22)23-12(2)17(21)19-15-9-5-7-13-6-3-4-8-14(13)15/h3-4,6,8,10,12,15H,5,7,9H2,1-2H3,(H,19,21)/t12-,15-/m1/s1. The number of hydrogen-bond donors (Lipinski definition) is 1. The van der Waals surface area contributed by atoms with Crippen LogP contribution in [0, 0.1) is 6.92 Å². The first-order valence-corrected chi connectivity index (χ1v) is 8.07. The molecule has 0 spiro atoms. The summed E-state index contributed by atoms with van der Waals surface area (Å²) in [5.41, 5.74) is 2.98. The van der Waals surface area contributed by atoms with Gasteiger partial charge in [0.25, 0.3) is 5.91 Å². The molecule has 0 bridgehead atoms. The molecule has 3 rings (SSSR count). The minimum atomic E-state index is -0.906. The lowest BCUT2D eigenvalue weighted by atomic mass is 9.87. The zero-order valence-corrected chi connectivity index (χ0v) is 13.7. The van der Waals surface area contributed by atoms with E-state index in [0.717, 1.165) is 24.8 Å². The maximum atomic E-state index is 12.4. The van der Waals surface area contributed by atoms with Crippen molar-refractivity contribution in [3.8, 4) is 0 Å². The molecule has 6 nitrogen and oxygen atoms in total. The Kier molecular flexibility index (Phi) is 4.64. The molecular formula is C18H20N2O4. The Balaban J connectivity index is 1.62. The maximum absolute atomic E-state index is 12.4. The van der Waals surface area contributed by atoms with Gasteiger partial charge in [0.15, 0.2) is 6.10 Å². The van der Waals surface area contributed by atoms with E-state index in [0.29, 0.717) is 5.69 Å². The summed E-state index contributed by atoms with van der Waals surface area (Å²) < 4.78 is 10.0. The second-order valence-electron chi connectivity index (χ2n) is 6.03. The molecule has 1 aromatic carbocycles. The molecule has 0 saturated heterocycles. The van der Waals surface area contributed by atoms with Crippen LogP contribution in [-0.4, -0.2) is 23.1 Å². The molecule has 2 aromatic rings. The predicted molar refractivity (Wildman–Crippen MR) is 86.4 cm³/mol. The van der Waals surface area contributed by atoms with E-state index in [1.165, 1.54) is 11.6 Å². The van der Waals surface area contributed by atoms with Gasteiger partial charge in [0, 0.05) is 6.07 Å². The summed E-state index contributed by atoms with van der Waals surface area (Å²) in [4.78, 5) is 24.3. The van der Waals surface area contributed by atoms with Crippen LogP contribution in [0.15, 0.2) is 34.9 Å². The van der Waals surface area contributed by atoms with Gasteiger partial charge >= 0.3 is 5.97 Å². The topological polar surface area (TPSA) is 81.4 Å². The third-order valence-electron chi connectivity index (χ3n) is 4.17. The number of ether oxygens (including phenoxy) is 1. The fourth-order valence-corrected chi connectivity index (χ4v) is 2.92. The van der Waals surface area contributed by atoms with E-state index in [-0.39, 0.29) is 17.7 Å². The summed E-state index contributed by atoms with van der Waals surface area (Å²) in [6.07, 6.45) is 2.02. The average Bonchev–Trinajstić information content (AvgIpc) is 3.01. The lowest BCUT2D eigenvalue weighted by Gasteiger charge is -2.27. The first-order valence-electron chi connectivity index (χ1n) is 8.07. The van der Waals surface area contributed by atoms with Gasteiger partial charge in [-0.1, -0.05) is 29.4 Å². The summed E-state index contributed by atoms with van der Waals surface area (Å²) in [5.74, 6) is -1.02. The molecule has 1 heterocycles.